The summed E-state index contributed by atoms with van der Waals surface area (Å²) in [5.74, 6) is -12.1. The lowest BCUT2D eigenvalue weighted by Crippen LogP contribution is -2.40. The van der Waals surface area contributed by atoms with Crippen molar-refractivity contribution in [3.05, 3.63) is 93.6 Å². The zero-order valence-electron chi connectivity index (χ0n) is 28.2. The summed E-state index contributed by atoms with van der Waals surface area (Å²) in [5.41, 5.74) is -0.697. The Kier molecular flexibility index (Phi) is 12.1. The van der Waals surface area contributed by atoms with Gasteiger partial charge in [-0.25, -0.2) is 26.3 Å². The van der Waals surface area contributed by atoms with Crippen LogP contribution in [0.1, 0.15) is 47.3 Å². The van der Waals surface area contributed by atoms with Gasteiger partial charge in [-0.05, 0) is 23.3 Å². The van der Waals surface area contributed by atoms with Crippen LogP contribution in [0.15, 0.2) is 24.3 Å². The van der Waals surface area contributed by atoms with Gasteiger partial charge < -0.3 is 24.0 Å². The van der Waals surface area contributed by atoms with Gasteiger partial charge in [0.15, 0.2) is 34.9 Å². The maximum atomic E-state index is 13.6. The number of amides is 2. The van der Waals surface area contributed by atoms with Gasteiger partial charge in [-0.2, -0.15) is 26.3 Å². The summed E-state index contributed by atoms with van der Waals surface area (Å²) < 4.78 is 158. The van der Waals surface area contributed by atoms with Gasteiger partial charge in [0.05, 0.1) is 32.0 Å². The molecule has 2 aliphatic heterocycles. The van der Waals surface area contributed by atoms with E-state index in [4.69, 9.17) is 0 Å². The molecule has 12 nitrogen and oxygen atoms in total. The molecule has 0 saturated heterocycles. The van der Waals surface area contributed by atoms with Crippen LogP contribution in [0, 0.1) is 34.9 Å². The molecule has 56 heavy (non-hydrogen) atoms. The van der Waals surface area contributed by atoms with Crippen molar-refractivity contribution >= 4 is 17.6 Å². The van der Waals surface area contributed by atoms with Crippen molar-refractivity contribution in [3.8, 4) is 0 Å². The molecule has 0 saturated carbocycles. The predicted octanol–water partition coefficient (Wildman–Crippen LogP) is 4.31. The van der Waals surface area contributed by atoms with E-state index >= 15 is 0 Å². The highest BCUT2D eigenvalue weighted by atomic mass is 19.4. The van der Waals surface area contributed by atoms with E-state index in [1.165, 1.54) is 4.90 Å². The number of aliphatic hydroxyl groups is 1. The number of rotatable bonds is 8. The number of nitrogens with zero attached hydrogens (tertiary/aromatic N) is 8. The number of aliphatic hydroxyl groups excluding tert-OH is 1. The van der Waals surface area contributed by atoms with Crippen LogP contribution >= 0.6 is 0 Å². The number of hydrogen-bond acceptors (Lipinski definition) is 8. The third kappa shape index (κ3) is 9.63. The fraction of sp³-hybridized carbons (Fsp3) is 0.406. The summed E-state index contributed by atoms with van der Waals surface area (Å²) in [6, 6.07) is 1.78. The molecule has 1 unspecified atom stereocenters. The lowest BCUT2D eigenvalue weighted by Gasteiger charge is -2.28. The highest BCUT2D eigenvalue weighted by Crippen LogP contribution is 2.31. The number of carbonyl (C=O) groups is 3. The molecular formula is C32H26F12N8O4. The maximum absolute atomic E-state index is 13.6. The van der Waals surface area contributed by atoms with E-state index in [1.807, 2.05) is 0 Å². The van der Waals surface area contributed by atoms with E-state index in [-0.39, 0.29) is 56.5 Å². The summed E-state index contributed by atoms with van der Waals surface area (Å²) in [6.07, 6.45) is -12.9. The summed E-state index contributed by atoms with van der Waals surface area (Å²) in [7, 11) is 0. The largest absolute Gasteiger partial charge is 0.451 e. The average molecular weight is 815 g/mol. The molecule has 302 valence electrons. The van der Waals surface area contributed by atoms with Crippen molar-refractivity contribution in [2.45, 2.75) is 70.3 Å². The molecular weight excluding hydrogens is 788 g/mol. The van der Waals surface area contributed by atoms with Gasteiger partial charge in [0.25, 0.3) is 0 Å². The van der Waals surface area contributed by atoms with Gasteiger partial charge in [0, 0.05) is 51.2 Å². The number of hydrogen-bond donors (Lipinski definition) is 1. The second-order valence-electron chi connectivity index (χ2n) is 12.5. The standard InChI is InChI=1S/C16H14F6N4O2.C16H12F6N4O2/c2*17-10-6-12(19)11(18)4-8(10)3-9(27)5-14(28)25-1-2-26-13(7-25)23-24-15(26)16(20,21)22/h4,6,9,27H,1-3,5,7H2;4,6H,1-3,5,7H2. The van der Waals surface area contributed by atoms with E-state index in [9.17, 15) is 72.2 Å². The van der Waals surface area contributed by atoms with Gasteiger partial charge in [-0.1, -0.05) is 0 Å². The first-order chi connectivity index (χ1) is 26.1. The van der Waals surface area contributed by atoms with E-state index in [0.29, 0.717) is 24.3 Å². The molecule has 2 aromatic heterocycles. The topological polar surface area (TPSA) is 139 Å². The van der Waals surface area contributed by atoms with Gasteiger partial charge >= 0.3 is 12.4 Å². The zero-order valence-corrected chi connectivity index (χ0v) is 28.2. The number of Topliss-reactive ketones (excluding diaryl/α,β-unsaturated/α-hetero) is 1. The van der Waals surface area contributed by atoms with Crippen molar-refractivity contribution in [1.82, 2.24) is 39.3 Å². The van der Waals surface area contributed by atoms with E-state index in [0.717, 1.165) is 14.0 Å². The Morgan fingerprint density at radius 2 is 1.04 bits per heavy atom. The highest BCUT2D eigenvalue weighted by Gasteiger charge is 2.41. The van der Waals surface area contributed by atoms with E-state index in [2.05, 4.69) is 20.4 Å². The minimum absolute atomic E-state index is 0.0481. The van der Waals surface area contributed by atoms with Crippen LogP contribution in [0.5, 0.6) is 0 Å². The molecule has 6 rings (SSSR count). The molecule has 1 atom stereocenters. The second-order valence-corrected chi connectivity index (χ2v) is 12.5. The molecule has 0 fully saturated rings. The maximum Gasteiger partial charge on any atom is 0.451 e. The van der Waals surface area contributed by atoms with Crippen LogP contribution in [0.25, 0.3) is 0 Å². The monoisotopic (exact) mass is 814 g/mol. The van der Waals surface area contributed by atoms with Crippen LogP contribution in [0.3, 0.4) is 0 Å². The van der Waals surface area contributed by atoms with Crippen LogP contribution in [-0.2, 0) is 65.8 Å². The van der Waals surface area contributed by atoms with Crippen molar-refractivity contribution in [2.24, 2.45) is 0 Å². The lowest BCUT2D eigenvalue weighted by molar-refractivity contribution is -0.149. The Hall–Kier alpha value is -5.55. The van der Waals surface area contributed by atoms with Crippen molar-refractivity contribution < 1.29 is 72.2 Å². The first-order valence-electron chi connectivity index (χ1n) is 16.1. The number of fused-ring (bicyclic) bond motifs is 2. The fourth-order valence-corrected chi connectivity index (χ4v) is 5.79. The summed E-state index contributed by atoms with van der Waals surface area (Å²) in [4.78, 5) is 38.8. The molecule has 2 amide bonds. The Morgan fingerprint density at radius 3 is 1.52 bits per heavy atom. The minimum atomic E-state index is -4.68. The number of carbonyl (C=O) groups excluding carboxylic acids is 3. The number of aromatic nitrogens is 6. The molecule has 4 aromatic rings. The fourth-order valence-electron chi connectivity index (χ4n) is 5.79. The Balaban J connectivity index is 0.000000214. The molecule has 0 bridgehead atoms. The normalized spacial score (nSPS) is 14.8. The van der Waals surface area contributed by atoms with Gasteiger partial charge in [0.1, 0.15) is 17.4 Å². The Morgan fingerprint density at radius 1 is 0.607 bits per heavy atom. The molecule has 2 aromatic carbocycles. The predicted molar refractivity (Wildman–Crippen MR) is 161 cm³/mol. The lowest BCUT2D eigenvalue weighted by atomic mass is 10.0. The Labute approximate surface area is 306 Å². The summed E-state index contributed by atoms with van der Waals surface area (Å²) in [6.45, 7) is -1.02. The molecule has 0 spiro atoms. The molecule has 0 radical (unpaired) electrons. The van der Waals surface area contributed by atoms with E-state index in [1.54, 1.807) is 0 Å². The third-order valence-electron chi connectivity index (χ3n) is 8.50. The van der Waals surface area contributed by atoms with Crippen LogP contribution in [0.4, 0.5) is 52.7 Å². The first kappa shape index (κ1) is 41.6. The Bertz CT molecular complexity index is 2140. The molecule has 4 heterocycles. The number of ketones is 1. The van der Waals surface area contributed by atoms with Gasteiger partial charge in [-0.3, -0.25) is 14.4 Å². The van der Waals surface area contributed by atoms with Gasteiger partial charge in [-0.15, -0.1) is 20.4 Å². The van der Waals surface area contributed by atoms with Crippen LogP contribution in [0.2, 0.25) is 0 Å². The first-order valence-corrected chi connectivity index (χ1v) is 16.1. The zero-order chi connectivity index (χ0) is 41.3. The molecule has 0 aliphatic carbocycles. The SMILES string of the molecule is O=C(CC(=O)N1CCn2c(nnc2C(F)(F)F)C1)Cc1cc(F)c(F)cc1F.O=C(CC(O)Cc1cc(F)c(F)cc1F)N1CCn2c(nnc2C(F)(F)F)C1. The van der Waals surface area contributed by atoms with Crippen molar-refractivity contribution in [2.75, 3.05) is 13.1 Å². The van der Waals surface area contributed by atoms with Crippen molar-refractivity contribution in [1.29, 1.82) is 0 Å². The number of alkyl halides is 6. The second kappa shape index (κ2) is 16.3. The molecule has 24 heteroatoms. The number of benzene rings is 2. The van der Waals surface area contributed by atoms with Crippen LogP contribution < -0.4 is 0 Å². The average Bonchev–Trinajstić information content (AvgIpc) is 3.74. The number of halogens is 12. The molecule has 2 aliphatic rings. The smallest absolute Gasteiger partial charge is 0.392 e. The third-order valence-corrected chi connectivity index (χ3v) is 8.50. The van der Waals surface area contributed by atoms with E-state index < -0.39 is 114 Å². The van der Waals surface area contributed by atoms with Crippen molar-refractivity contribution in [3.63, 3.8) is 0 Å². The summed E-state index contributed by atoms with van der Waals surface area (Å²) >= 11 is 0. The van der Waals surface area contributed by atoms with Crippen LogP contribution in [-0.4, -0.2) is 81.2 Å². The molecule has 1 N–H and O–H groups in total. The minimum Gasteiger partial charge on any atom is -0.392 e. The quantitative estimate of drug-likeness (QED) is 0.158. The highest BCUT2D eigenvalue weighted by molar-refractivity contribution is 5.98. The summed E-state index contributed by atoms with van der Waals surface area (Å²) in [5, 5.41) is 23.0. The van der Waals surface area contributed by atoms with Gasteiger partial charge in [0.2, 0.25) is 23.5 Å².